The van der Waals surface area contributed by atoms with Gasteiger partial charge in [-0.3, -0.25) is 10.1 Å². The molecule has 1 aromatic heterocycles. The van der Waals surface area contributed by atoms with E-state index in [1.807, 2.05) is 38.1 Å². The molecule has 1 aromatic carbocycles. The molecule has 1 unspecified atom stereocenters. The fraction of sp³-hybridized carbons (Fsp3) is 0.312. The monoisotopic (exact) mass is 301 g/mol. The number of para-hydroxylation sites is 1. The number of pyridine rings is 1. The molecule has 6 heteroatoms. The Morgan fingerprint density at radius 1 is 1.32 bits per heavy atom. The number of aromatic nitrogens is 1. The SMILES string of the molecule is CCC(CNc1ccc([N+](=O)[O-])cn1)Oc1ccccc1C. The fourth-order valence-corrected chi connectivity index (χ4v) is 1.95. The third-order valence-corrected chi connectivity index (χ3v) is 3.31. The van der Waals surface area contributed by atoms with Crippen LogP contribution in [0, 0.1) is 17.0 Å². The zero-order chi connectivity index (χ0) is 15.9. The summed E-state index contributed by atoms with van der Waals surface area (Å²) in [5.41, 5.74) is 1.07. The summed E-state index contributed by atoms with van der Waals surface area (Å²) in [6, 6.07) is 10.9. The van der Waals surface area contributed by atoms with Crippen LogP contribution in [0.3, 0.4) is 0 Å². The van der Waals surface area contributed by atoms with E-state index < -0.39 is 4.92 Å². The van der Waals surface area contributed by atoms with E-state index in [9.17, 15) is 10.1 Å². The van der Waals surface area contributed by atoms with Crippen LogP contribution in [0.4, 0.5) is 11.5 Å². The lowest BCUT2D eigenvalue weighted by Gasteiger charge is -2.19. The van der Waals surface area contributed by atoms with Crippen molar-refractivity contribution in [3.63, 3.8) is 0 Å². The first-order valence-corrected chi connectivity index (χ1v) is 7.16. The van der Waals surface area contributed by atoms with Crippen molar-refractivity contribution in [1.29, 1.82) is 0 Å². The highest BCUT2D eigenvalue weighted by Crippen LogP contribution is 2.19. The van der Waals surface area contributed by atoms with E-state index in [2.05, 4.69) is 10.3 Å². The number of rotatable bonds is 7. The number of nitrogens with one attached hydrogen (secondary N) is 1. The molecule has 0 bridgehead atoms. The van der Waals surface area contributed by atoms with Crippen LogP contribution in [-0.2, 0) is 0 Å². The van der Waals surface area contributed by atoms with Crippen LogP contribution in [0.2, 0.25) is 0 Å². The molecule has 1 N–H and O–H groups in total. The minimum atomic E-state index is -0.465. The lowest BCUT2D eigenvalue weighted by atomic mass is 10.2. The maximum absolute atomic E-state index is 10.6. The Balaban J connectivity index is 1.93. The van der Waals surface area contributed by atoms with Gasteiger partial charge in [0, 0.05) is 6.07 Å². The van der Waals surface area contributed by atoms with Crippen LogP contribution in [0.1, 0.15) is 18.9 Å². The summed E-state index contributed by atoms with van der Waals surface area (Å²) in [7, 11) is 0. The molecule has 6 nitrogen and oxygen atoms in total. The molecule has 116 valence electrons. The van der Waals surface area contributed by atoms with Crippen molar-refractivity contribution in [2.75, 3.05) is 11.9 Å². The summed E-state index contributed by atoms with van der Waals surface area (Å²) in [5, 5.41) is 13.7. The molecule has 0 spiro atoms. The van der Waals surface area contributed by atoms with Crippen LogP contribution < -0.4 is 10.1 Å². The highest BCUT2D eigenvalue weighted by atomic mass is 16.6. The van der Waals surface area contributed by atoms with Crippen molar-refractivity contribution in [3.8, 4) is 5.75 Å². The number of ether oxygens (including phenoxy) is 1. The zero-order valence-electron chi connectivity index (χ0n) is 12.7. The second-order valence-electron chi connectivity index (χ2n) is 4.95. The van der Waals surface area contributed by atoms with Crippen LogP contribution in [0.5, 0.6) is 5.75 Å². The number of nitrogens with zero attached hydrogens (tertiary/aromatic N) is 2. The van der Waals surface area contributed by atoms with Crippen molar-refractivity contribution in [3.05, 3.63) is 58.3 Å². The molecule has 0 aliphatic rings. The summed E-state index contributed by atoms with van der Waals surface area (Å²) < 4.78 is 5.98. The van der Waals surface area contributed by atoms with Gasteiger partial charge in [0.05, 0.1) is 11.5 Å². The molecular formula is C16H19N3O3. The number of hydrogen-bond acceptors (Lipinski definition) is 5. The Hall–Kier alpha value is -2.63. The minimum absolute atomic E-state index is 0.00177. The molecule has 0 saturated carbocycles. The molecular weight excluding hydrogens is 282 g/mol. The van der Waals surface area contributed by atoms with E-state index in [0.717, 1.165) is 17.7 Å². The maximum atomic E-state index is 10.6. The number of benzene rings is 1. The van der Waals surface area contributed by atoms with Gasteiger partial charge in [-0.25, -0.2) is 4.98 Å². The van der Waals surface area contributed by atoms with Crippen LogP contribution in [0.15, 0.2) is 42.6 Å². The first-order chi connectivity index (χ1) is 10.6. The van der Waals surface area contributed by atoms with Gasteiger partial charge in [0.15, 0.2) is 0 Å². The Morgan fingerprint density at radius 3 is 2.68 bits per heavy atom. The molecule has 1 heterocycles. The summed E-state index contributed by atoms with van der Waals surface area (Å²) in [4.78, 5) is 14.1. The lowest BCUT2D eigenvalue weighted by Crippen LogP contribution is -2.26. The molecule has 0 radical (unpaired) electrons. The Labute approximate surface area is 129 Å². The van der Waals surface area contributed by atoms with Gasteiger partial charge in [-0.05, 0) is 31.0 Å². The standard InChI is InChI=1S/C16H19N3O3/c1-3-14(22-15-7-5-4-6-12(15)2)11-18-16-9-8-13(10-17-16)19(20)21/h4-10,14H,3,11H2,1-2H3,(H,17,18). The zero-order valence-corrected chi connectivity index (χ0v) is 12.7. The summed E-state index contributed by atoms with van der Waals surface area (Å²) in [6.07, 6.45) is 2.08. The second-order valence-corrected chi connectivity index (χ2v) is 4.95. The molecule has 0 aliphatic carbocycles. The Bertz CT molecular complexity index is 629. The fourth-order valence-electron chi connectivity index (χ4n) is 1.95. The normalized spacial score (nSPS) is 11.7. The minimum Gasteiger partial charge on any atom is -0.488 e. The van der Waals surface area contributed by atoms with Gasteiger partial charge in [-0.1, -0.05) is 25.1 Å². The number of aryl methyl sites for hydroxylation is 1. The van der Waals surface area contributed by atoms with Crippen molar-refractivity contribution in [1.82, 2.24) is 4.98 Å². The quantitative estimate of drug-likeness (QED) is 0.625. The van der Waals surface area contributed by atoms with Crippen molar-refractivity contribution in [2.24, 2.45) is 0 Å². The third kappa shape index (κ3) is 4.18. The Kier molecular flexibility index (Phi) is 5.30. The topological polar surface area (TPSA) is 77.3 Å². The van der Waals surface area contributed by atoms with E-state index >= 15 is 0 Å². The molecule has 0 fully saturated rings. The van der Waals surface area contributed by atoms with Crippen LogP contribution in [-0.4, -0.2) is 22.6 Å². The van der Waals surface area contributed by atoms with Crippen molar-refractivity contribution < 1.29 is 9.66 Å². The molecule has 2 rings (SSSR count). The predicted octanol–water partition coefficient (Wildman–Crippen LogP) is 3.57. The van der Waals surface area contributed by atoms with E-state index in [1.54, 1.807) is 6.07 Å². The maximum Gasteiger partial charge on any atom is 0.287 e. The molecule has 22 heavy (non-hydrogen) atoms. The van der Waals surface area contributed by atoms with Crippen molar-refractivity contribution in [2.45, 2.75) is 26.4 Å². The first kappa shape index (κ1) is 15.8. The average molecular weight is 301 g/mol. The van der Waals surface area contributed by atoms with Gasteiger partial charge >= 0.3 is 0 Å². The van der Waals surface area contributed by atoms with Gasteiger partial charge in [0.25, 0.3) is 5.69 Å². The predicted molar refractivity (Wildman–Crippen MR) is 85.3 cm³/mol. The highest BCUT2D eigenvalue weighted by molar-refractivity contribution is 5.40. The lowest BCUT2D eigenvalue weighted by molar-refractivity contribution is -0.385. The Morgan fingerprint density at radius 2 is 2.09 bits per heavy atom. The summed E-state index contributed by atoms with van der Waals surface area (Å²) in [6.45, 7) is 4.64. The van der Waals surface area contributed by atoms with Crippen molar-refractivity contribution >= 4 is 11.5 Å². The molecule has 0 aliphatic heterocycles. The van der Waals surface area contributed by atoms with Gasteiger partial charge < -0.3 is 10.1 Å². The molecule has 2 aromatic rings. The largest absolute Gasteiger partial charge is 0.488 e. The third-order valence-electron chi connectivity index (χ3n) is 3.31. The smallest absolute Gasteiger partial charge is 0.287 e. The molecule has 0 amide bonds. The van der Waals surface area contributed by atoms with E-state index in [1.165, 1.54) is 12.3 Å². The van der Waals surface area contributed by atoms with E-state index in [0.29, 0.717) is 12.4 Å². The van der Waals surface area contributed by atoms with E-state index in [4.69, 9.17) is 4.74 Å². The van der Waals surface area contributed by atoms with Crippen LogP contribution >= 0.6 is 0 Å². The molecule has 1 atom stereocenters. The second kappa shape index (κ2) is 7.40. The first-order valence-electron chi connectivity index (χ1n) is 7.16. The van der Waals surface area contributed by atoms with Gasteiger partial charge in [-0.2, -0.15) is 0 Å². The number of nitro groups is 1. The highest BCUT2D eigenvalue weighted by Gasteiger charge is 2.11. The van der Waals surface area contributed by atoms with Gasteiger partial charge in [0.2, 0.25) is 0 Å². The van der Waals surface area contributed by atoms with Gasteiger partial charge in [-0.15, -0.1) is 0 Å². The number of hydrogen-bond donors (Lipinski definition) is 1. The number of anilines is 1. The van der Waals surface area contributed by atoms with E-state index in [-0.39, 0.29) is 11.8 Å². The van der Waals surface area contributed by atoms with Crippen LogP contribution in [0.25, 0.3) is 0 Å². The summed E-state index contributed by atoms with van der Waals surface area (Å²) in [5.74, 6) is 1.46. The summed E-state index contributed by atoms with van der Waals surface area (Å²) >= 11 is 0. The molecule has 0 saturated heterocycles. The average Bonchev–Trinajstić information content (AvgIpc) is 2.53. The van der Waals surface area contributed by atoms with Gasteiger partial charge in [0.1, 0.15) is 23.9 Å².